The summed E-state index contributed by atoms with van der Waals surface area (Å²) in [5.74, 6) is 0.473. The van der Waals surface area contributed by atoms with Gasteiger partial charge in [-0.15, -0.1) is 0 Å². The van der Waals surface area contributed by atoms with Crippen LogP contribution in [0, 0.1) is 0 Å². The Morgan fingerprint density at radius 3 is 3.10 bits per heavy atom. The molecule has 6 nitrogen and oxygen atoms in total. The molecule has 0 bridgehead atoms. The molecule has 0 aliphatic carbocycles. The monoisotopic (exact) mass is 273 g/mol. The SMILES string of the molecule is COC(=O)C1CN(c2ncnc3ccccc23)CCO1. The largest absolute Gasteiger partial charge is 0.467 e. The number of hydrogen-bond donors (Lipinski definition) is 0. The maximum Gasteiger partial charge on any atom is 0.336 e. The van der Waals surface area contributed by atoms with Crippen molar-refractivity contribution in [2.45, 2.75) is 6.10 Å². The lowest BCUT2D eigenvalue weighted by Gasteiger charge is -2.32. The van der Waals surface area contributed by atoms with Crippen LogP contribution in [0.15, 0.2) is 30.6 Å². The minimum atomic E-state index is -0.567. The summed E-state index contributed by atoms with van der Waals surface area (Å²) in [5.41, 5.74) is 0.888. The molecule has 1 unspecified atom stereocenters. The maximum absolute atomic E-state index is 11.6. The molecule has 6 heteroatoms. The Kier molecular flexibility index (Phi) is 3.47. The van der Waals surface area contributed by atoms with Gasteiger partial charge in [0.05, 0.1) is 25.8 Å². The zero-order valence-electron chi connectivity index (χ0n) is 11.2. The molecule has 0 amide bonds. The average molecular weight is 273 g/mol. The summed E-state index contributed by atoms with van der Waals surface area (Å²) in [4.78, 5) is 22.2. The van der Waals surface area contributed by atoms with E-state index in [1.54, 1.807) is 6.33 Å². The molecule has 1 aliphatic heterocycles. The van der Waals surface area contributed by atoms with Gasteiger partial charge in [-0.2, -0.15) is 0 Å². The number of methoxy groups -OCH3 is 1. The van der Waals surface area contributed by atoms with Crippen LogP contribution in [0.2, 0.25) is 0 Å². The van der Waals surface area contributed by atoms with Crippen LogP contribution in [-0.2, 0) is 14.3 Å². The summed E-state index contributed by atoms with van der Waals surface area (Å²) in [7, 11) is 1.37. The highest BCUT2D eigenvalue weighted by Gasteiger charge is 2.28. The fourth-order valence-corrected chi connectivity index (χ4v) is 2.36. The number of anilines is 1. The Labute approximate surface area is 116 Å². The van der Waals surface area contributed by atoms with E-state index in [0.717, 1.165) is 16.7 Å². The molecule has 0 radical (unpaired) electrons. The normalized spacial score (nSPS) is 19.1. The number of benzene rings is 1. The summed E-state index contributed by atoms with van der Waals surface area (Å²) in [6, 6.07) is 7.81. The highest BCUT2D eigenvalue weighted by molar-refractivity contribution is 5.89. The van der Waals surface area contributed by atoms with Crippen molar-refractivity contribution in [3.63, 3.8) is 0 Å². The highest BCUT2D eigenvalue weighted by atomic mass is 16.6. The van der Waals surface area contributed by atoms with E-state index in [0.29, 0.717) is 19.7 Å². The van der Waals surface area contributed by atoms with Crippen molar-refractivity contribution < 1.29 is 14.3 Å². The highest BCUT2D eigenvalue weighted by Crippen LogP contribution is 2.24. The number of ether oxygens (including phenoxy) is 2. The second kappa shape index (κ2) is 5.42. The van der Waals surface area contributed by atoms with Gasteiger partial charge in [-0.05, 0) is 12.1 Å². The lowest BCUT2D eigenvalue weighted by molar-refractivity contribution is -0.154. The molecular formula is C14H15N3O3. The van der Waals surface area contributed by atoms with E-state index in [4.69, 9.17) is 9.47 Å². The smallest absolute Gasteiger partial charge is 0.336 e. The van der Waals surface area contributed by atoms with Crippen molar-refractivity contribution in [2.75, 3.05) is 31.7 Å². The first-order valence-corrected chi connectivity index (χ1v) is 6.43. The van der Waals surface area contributed by atoms with Gasteiger partial charge in [0.25, 0.3) is 0 Å². The van der Waals surface area contributed by atoms with Crippen LogP contribution < -0.4 is 4.90 Å². The van der Waals surface area contributed by atoms with E-state index >= 15 is 0 Å². The molecule has 1 aliphatic rings. The van der Waals surface area contributed by atoms with E-state index in [-0.39, 0.29) is 5.97 Å². The van der Waals surface area contributed by atoms with Gasteiger partial charge in [0, 0.05) is 11.9 Å². The number of nitrogens with zero attached hydrogens (tertiary/aromatic N) is 3. The van der Waals surface area contributed by atoms with Crippen LogP contribution in [0.25, 0.3) is 10.9 Å². The molecule has 3 rings (SSSR count). The standard InChI is InChI=1S/C14H15N3O3/c1-19-14(18)12-8-17(6-7-20-12)13-10-4-2-3-5-11(10)15-9-16-13/h2-5,9,12H,6-8H2,1H3. The van der Waals surface area contributed by atoms with Crippen molar-refractivity contribution in [1.29, 1.82) is 0 Å². The minimum absolute atomic E-state index is 0.354. The summed E-state index contributed by atoms with van der Waals surface area (Å²) in [6.07, 6.45) is 0.975. The number of morpholine rings is 1. The van der Waals surface area contributed by atoms with Gasteiger partial charge in [-0.3, -0.25) is 0 Å². The molecule has 104 valence electrons. The van der Waals surface area contributed by atoms with Gasteiger partial charge in [0.15, 0.2) is 6.10 Å². The van der Waals surface area contributed by atoms with Gasteiger partial charge in [-0.25, -0.2) is 14.8 Å². The first kappa shape index (κ1) is 12.8. The summed E-state index contributed by atoms with van der Waals surface area (Å²) >= 11 is 0. The second-order valence-electron chi connectivity index (χ2n) is 4.54. The van der Waals surface area contributed by atoms with Gasteiger partial charge >= 0.3 is 5.97 Å². The van der Waals surface area contributed by atoms with Crippen LogP contribution in [0.4, 0.5) is 5.82 Å². The number of esters is 1. The predicted octanol–water partition coefficient (Wildman–Crippen LogP) is 1.01. The van der Waals surface area contributed by atoms with E-state index in [2.05, 4.69) is 9.97 Å². The molecule has 0 N–H and O–H groups in total. The second-order valence-corrected chi connectivity index (χ2v) is 4.54. The lowest BCUT2D eigenvalue weighted by Crippen LogP contribution is -2.47. The van der Waals surface area contributed by atoms with E-state index in [1.807, 2.05) is 29.2 Å². The Morgan fingerprint density at radius 1 is 1.40 bits per heavy atom. The molecule has 1 atom stereocenters. The topological polar surface area (TPSA) is 64.5 Å². The number of carbonyl (C=O) groups excluding carboxylic acids is 1. The summed E-state index contributed by atoms with van der Waals surface area (Å²) in [6.45, 7) is 1.60. The van der Waals surface area contributed by atoms with Gasteiger partial charge < -0.3 is 14.4 Å². The quantitative estimate of drug-likeness (QED) is 0.761. The molecule has 0 spiro atoms. The minimum Gasteiger partial charge on any atom is -0.467 e. The Morgan fingerprint density at radius 2 is 2.25 bits per heavy atom. The maximum atomic E-state index is 11.6. The van der Waals surface area contributed by atoms with E-state index < -0.39 is 6.10 Å². The zero-order valence-corrected chi connectivity index (χ0v) is 11.2. The predicted molar refractivity (Wildman–Crippen MR) is 73.5 cm³/mol. The number of hydrogen-bond acceptors (Lipinski definition) is 6. The number of para-hydroxylation sites is 1. The third-order valence-electron chi connectivity index (χ3n) is 3.35. The van der Waals surface area contributed by atoms with Gasteiger partial charge in [0.2, 0.25) is 0 Å². The molecular weight excluding hydrogens is 258 g/mol. The molecule has 0 saturated carbocycles. The van der Waals surface area contributed by atoms with E-state index in [9.17, 15) is 4.79 Å². The first-order valence-electron chi connectivity index (χ1n) is 6.43. The Bertz CT molecular complexity index is 627. The number of aromatic nitrogens is 2. The molecule has 2 heterocycles. The first-order chi connectivity index (χ1) is 9.79. The molecule has 1 saturated heterocycles. The van der Waals surface area contributed by atoms with Crippen LogP contribution in [0.5, 0.6) is 0 Å². The fourth-order valence-electron chi connectivity index (χ4n) is 2.36. The summed E-state index contributed by atoms with van der Waals surface area (Å²) < 4.78 is 10.2. The number of rotatable bonds is 2. The van der Waals surface area contributed by atoms with Crippen molar-refractivity contribution >= 4 is 22.7 Å². The Balaban J connectivity index is 1.92. The van der Waals surface area contributed by atoms with Crippen LogP contribution >= 0.6 is 0 Å². The summed E-state index contributed by atoms with van der Waals surface area (Å²) in [5, 5.41) is 0.973. The van der Waals surface area contributed by atoms with Crippen LogP contribution in [0.3, 0.4) is 0 Å². The Hall–Kier alpha value is -2.21. The average Bonchev–Trinajstić information content (AvgIpc) is 2.53. The molecule has 1 aromatic carbocycles. The third-order valence-corrected chi connectivity index (χ3v) is 3.35. The number of carbonyl (C=O) groups is 1. The van der Waals surface area contributed by atoms with Crippen LogP contribution in [0.1, 0.15) is 0 Å². The van der Waals surface area contributed by atoms with Crippen LogP contribution in [-0.4, -0.2) is 48.8 Å². The fraction of sp³-hybridized carbons (Fsp3) is 0.357. The van der Waals surface area contributed by atoms with E-state index in [1.165, 1.54) is 7.11 Å². The van der Waals surface area contributed by atoms with Crippen molar-refractivity contribution in [3.8, 4) is 0 Å². The molecule has 2 aromatic rings. The number of fused-ring (bicyclic) bond motifs is 1. The molecule has 20 heavy (non-hydrogen) atoms. The zero-order chi connectivity index (χ0) is 13.9. The third kappa shape index (κ3) is 2.30. The van der Waals surface area contributed by atoms with Crippen molar-refractivity contribution in [2.24, 2.45) is 0 Å². The van der Waals surface area contributed by atoms with Gasteiger partial charge in [-0.1, -0.05) is 12.1 Å². The van der Waals surface area contributed by atoms with Gasteiger partial charge in [0.1, 0.15) is 12.1 Å². The molecule has 1 fully saturated rings. The van der Waals surface area contributed by atoms with Crippen molar-refractivity contribution in [1.82, 2.24) is 9.97 Å². The lowest BCUT2D eigenvalue weighted by atomic mass is 10.2. The molecule has 1 aromatic heterocycles. The van der Waals surface area contributed by atoms with Crippen molar-refractivity contribution in [3.05, 3.63) is 30.6 Å².